The van der Waals surface area contributed by atoms with E-state index in [2.05, 4.69) is 10.6 Å². The quantitative estimate of drug-likeness (QED) is 0.654. The highest BCUT2D eigenvalue weighted by Crippen LogP contribution is 2.60. The summed E-state index contributed by atoms with van der Waals surface area (Å²) in [6, 6.07) is -0.484. The third kappa shape index (κ3) is 3.92. The van der Waals surface area contributed by atoms with Gasteiger partial charge in [-0.3, -0.25) is 9.59 Å². The molecule has 28 heavy (non-hydrogen) atoms. The largest absolute Gasteiger partial charge is 0.451 e. The molecular weight excluding hydrogens is 356 g/mol. The van der Waals surface area contributed by atoms with Crippen molar-refractivity contribution >= 4 is 17.8 Å². The van der Waals surface area contributed by atoms with E-state index in [1.54, 1.807) is 6.92 Å². The molecule has 5 fully saturated rings. The Hall–Kier alpha value is -1.59. The minimum Gasteiger partial charge on any atom is -0.451 e. The van der Waals surface area contributed by atoms with Crippen molar-refractivity contribution in [3.63, 3.8) is 0 Å². The van der Waals surface area contributed by atoms with Crippen LogP contribution >= 0.6 is 0 Å². The van der Waals surface area contributed by atoms with Gasteiger partial charge in [0.2, 0.25) is 5.91 Å². The molecule has 2 amide bonds. The van der Waals surface area contributed by atoms with E-state index < -0.39 is 18.1 Å². The first-order valence-corrected chi connectivity index (χ1v) is 11.1. The van der Waals surface area contributed by atoms with Gasteiger partial charge in [-0.25, -0.2) is 4.79 Å². The Morgan fingerprint density at radius 1 is 0.929 bits per heavy atom. The van der Waals surface area contributed by atoms with E-state index in [0.29, 0.717) is 17.8 Å². The SMILES string of the molecule is CC(C)[C@H](NC(=O)C12CC3CC(CC(C3)C1)C2)C(=O)O[C@H](C)C(=O)NC1CC1. The van der Waals surface area contributed by atoms with Gasteiger partial charge in [-0.2, -0.15) is 0 Å². The Bertz CT molecular complexity index is 620. The predicted octanol–water partition coefficient (Wildman–Crippen LogP) is 2.55. The Labute approximate surface area is 167 Å². The molecule has 5 aliphatic rings. The first-order valence-electron chi connectivity index (χ1n) is 11.1. The number of amides is 2. The molecule has 5 aliphatic carbocycles. The van der Waals surface area contributed by atoms with Crippen molar-refractivity contribution in [3.05, 3.63) is 0 Å². The summed E-state index contributed by atoms with van der Waals surface area (Å²) in [5.74, 6) is 1.19. The molecule has 0 heterocycles. The topological polar surface area (TPSA) is 84.5 Å². The van der Waals surface area contributed by atoms with Crippen LogP contribution in [0.1, 0.15) is 72.1 Å². The van der Waals surface area contributed by atoms with Crippen LogP contribution in [-0.2, 0) is 19.1 Å². The first-order chi connectivity index (χ1) is 13.3. The molecule has 0 spiro atoms. The Kier molecular flexibility index (Phi) is 5.17. The zero-order chi connectivity index (χ0) is 20.1. The van der Waals surface area contributed by atoms with Gasteiger partial charge in [-0.05, 0) is 82.0 Å². The van der Waals surface area contributed by atoms with Crippen LogP contribution in [0.3, 0.4) is 0 Å². The van der Waals surface area contributed by atoms with Crippen molar-refractivity contribution in [3.8, 4) is 0 Å². The van der Waals surface area contributed by atoms with Crippen molar-refractivity contribution < 1.29 is 19.1 Å². The van der Waals surface area contributed by atoms with Gasteiger partial charge in [0.05, 0.1) is 0 Å². The number of esters is 1. The van der Waals surface area contributed by atoms with Crippen LogP contribution in [0.2, 0.25) is 0 Å². The van der Waals surface area contributed by atoms with Crippen LogP contribution in [0.4, 0.5) is 0 Å². The van der Waals surface area contributed by atoms with Gasteiger partial charge < -0.3 is 15.4 Å². The van der Waals surface area contributed by atoms with Crippen molar-refractivity contribution in [1.82, 2.24) is 10.6 Å². The summed E-state index contributed by atoms with van der Waals surface area (Å²) in [4.78, 5) is 38.1. The minimum atomic E-state index is -0.842. The van der Waals surface area contributed by atoms with Gasteiger partial charge >= 0.3 is 5.97 Å². The van der Waals surface area contributed by atoms with Crippen LogP contribution < -0.4 is 10.6 Å². The average Bonchev–Trinajstić information content (AvgIpc) is 3.41. The fourth-order valence-corrected chi connectivity index (χ4v) is 6.03. The molecule has 0 aromatic carbocycles. The second-order valence-corrected chi connectivity index (χ2v) is 10.3. The lowest BCUT2D eigenvalue weighted by molar-refractivity contribution is -0.161. The van der Waals surface area contributed by atoms with E-state index in [1.165, 1.54) is 19.3 Å². The van der Waals surface area contributed by atoms with Gasteiger partial charge in [-0.1, -0.05) is 13.8 Å². The molecule has 0 aromatic heterocycles. The van der Waals surface area contributed by atoms with Crippen LogP contribution in [0.15, 0.2) is 0 Å². The van der Waals surface area contributed by atoms with Crippen LogP contribution in [-0.4, -0.2) is 36.0 Å². The number of carbonyl (C=O) groups excluding carboxylic acids is 3. The summed E-state index contributed by atoms with van der Waals surface area (Å²) in [6.45, 7) is 5.40. The lowest BCUT2D eigenvalue weighted by Gasteiger charge is -2.55. The van der Waals surface area contributed by atoms with E-state index in [1.807, 2.05) is 13.8 Å². The number of nitrogens with one attached hydrogen (secondary N) is 2. The maximum atomic E-state index is 13.3. The highest BCUT2D eigenvalue weighted by atomic mass is 16.5. The molecule has 0 aliphatic heterocycles. The zero-order valence-corrected chi connectivity index (χ0v) is 17.3. The van der Waals surface area contributed by atoms with E-state index in [0.717, 1.165) is 32.1 Å². The van der Waals surface area contributed by atoms with Gasteiger partial charge in [-0.15, -0.1) is 0 Å². The smallest absolute Gasteiger partial charge is 0.329 e. The fourth-order valence-electron chi connectivity index (χ4n) is 6.03. The second kappa shape index (κ2) is 7.34. The van der Waals surface area contributed by atoms with Crippen molar-refractivity contribution in [2.45, 2.75) is 90.3 Å². The molecule has 0 saturated heterocycles. The maximum absolute atomic E-state index is 13.3. The summed E-state index contributed by atoms with van der Waals surface area (Å²) in [5.41, 5.74) is -0.295. The lowest BCUT2D eigenvalue weighted by atomic mass is 9.49. The molecule has 2 N–H and O–H groups in total. The molecule has 4 bridgehead atoms. The molecule has 6 heteroatoms. The monoisotopic (exact) mass is 390 g/mol. The summed E-state index contributed by atoms with van der Waals surface area (Å²) in [6.07, 6.45) is 7.85. The molecule has 0 unspecified atom stereocenters. The van der Waals surface area contributed by atoms with Crippen molar-refractivity contribution in [2.75, 3.05) is 0 Å². The van der Waals surface area contributed by atoms with Gasteiger partial charge in [0.25, 0.3) is 5.91 Å². The highest BCUT2D eigenvalue weighted by Gasteiger charge is 2.55. The summed E-state index contributed by atoms with van der Waals surface area (Å²) in [7, 11) is 0. The second-order valence-electron chi connectivity index (χ2n) is 10.3. The van der Waals surface area contributed by atoms with Crippen molar-refractivity contribution in [1.29, 1.82) is 0 Å². The molecule has 6 nitrogen and oxygen atoms in total. The number of rotatable bonds is 7. The number of hydrogen-bond acceptors (Lipinski definition) is 4. The van der Waals surface area contributed by atoms with Crippen molar-refractivity contribution in [2.24, 2.45) is 29.1 Å². The number of hydrogen-bond donors (Lipinski definition) is 2. The summed E-state index contributed by atoms with van der Waals surface area (Å²) < 4.78 is 5.42. The molecule has 156 valence electrons. The molecule has 0 radical (unpaired) electrons. The average molecular weight is 391 g/mol. The first kappa shape index (κ1) is 19.7. The molecule has 5 saturated carbocycles. The maximum Gasteiger partial charge on any atom is 0.329 e. The normalized spacial score (nSPS) is 35.4. The molecule has 5 rings (SSSR count). The van der Waals surface area contributed by atoms with E-state index in [4.69, 9.17) is 4.74 Å². The molecule has 2 atom stereocenters. The van der Waals surface area contributed by atoms with E-state index in [-0.39, 0.29) is 29.2 Å². The van der Waals surface area contributed by atoms with E-state index in [9.17, 15) is 14.4 Å². The number of carbonyl (C=O) groups is 3. The molecule has 0 aromatic rings. The van der Waals surface area contributed by atoms with Gasteiger partial charge in [0, 0.05) is 11.5 Å². The predicted molar refractivity (Wildman–Crippen MR) is 104 cm³/mol. The van der Waals surface area contributed by atoms with Gasteiger partial charge in [0.15, 0.2) is 6.10 Å². The third-order valence-electron chi connectivity index (χ3n) is 7.31. The Morgan fingerprint density at radius 2 is 1.46 bits per heavy atom. The van der Waals surface area contributed by atoms with Crippen LogP contribution in [0.5, 0.6) is 0 Å². The van der Waals surface area contributed by atoms with Crippen LogP contribution in [0.25, 0.3) is 0 Å². The van der Waals surface area contributed by atoms with E-state index >= 15 is 0 Å². The lowest BCUT2D eigenvalue weighted by Crippen LogP contribution is -2.57. The summed E-state index contributed by atoms with van der Waals surface area (Å²) >= 11 is 0. The zero-order valence-electron chi connectivity index (χ0n) is 17.3. The fraction of sp³-hybridized carbons (Fsp3) is 0.864. The molecular formula is C22H34N2O4. The highest BCUT2D eigenvalue weighted by molar-refractivity contribution is 5.90. The third-order valence-corrected chi connectivity index (χ3v) is 7.31. The summed E-state index contributed by atoms with van der Waals surface area (Å²) in [5, 5.41) is 5.88. The van der Waals surface area contributed by atoms with Gasteiger partial charge in [0.1, 0.15) is 6.04 Å². The Balaban J connectivity index is 1.38. The van der Waals surface area contributed by atoms with Crippen LogP contribution in [0, 0.1) is 29.1 Å². The number of ether oxygens (including phenoxy) is 1. The Morgan fingerprint density at radius 3 is 1.93 bits per heavy atom. The minimum absolute atomic E-state index is 0.0253. The standard InChI is InChI=1S/C22H34N2O4/c1-12(2)18(20(26)28-13(3)19(25)23-17-4-5-17)24-21(27)22-9-14-6-15(10-22)8-16(7-14)11-22/h12-18H,4-11H2,1-3H3,(H,23,25)(H,24,27)/t13-,14?,15?,16?,18+,22?/m1/s1.